The number of halogens is 1. The van der Waals surface area contributed by atoms with Crippen LogP contribution in [-0.4, -0.2) is 33.7 Å². The van der Waals surface area contributed by atoms with Crippen LogP contribution in [0.15, 0.2) is 16.7 Å². The maximum atomic E-state index is 10.8. The van der Waals surface area contributed by atoms with E-state index < -0.39 is 10.5 Å². The largest absolute Gasteiger partial charge is 0.387 e. The van der Waals surface area contributed by atoms with E-state index in [1.165, 1.54) is 6.20 Å². The van der Waals surface area contributed by atoms with Crippen molar-refractivity contribution < 1.29 is 10.0 Å². The molecule has 0 amide bonds. The third kappa shape index (κ3) is 2.00. The van der Waals surface area contributed by atoms with Crippen LogP contribution in [0.25, 0.3) is 0 Å². The highest BCUT2D eigenvalue weighted by molar-refractivity contribution is 9.10. The molecule has 1 fully saturated rings. The average Bonchev–Trinajstić information content (AvgIpc) is 2.13. The molecule has 1 aromatic rings. The number of pyridine rings is 1. The van der Waals surface area contributed by atoms with E-state index in [0.717, 1.165) is 0 Å². The molecule has 6 nitrogen and oxygen atoms in total. The molecule has 0 atom stereocenters. The third-order valence-corrected chi connectivity index (χ3v) is 2.82. The van der Waals surface area contributed by atoms with Crippen LogP contribution >= 0.6 is 15.9 Å². The van der Waals surface area contributed by atoms with E-state index in [1.807, 2.05) is 0 Å². The lowest BCUT2D eigenvalue weighted by atomic mass is 9.96. The topological polar surface area (TPSA) is 79.5 Å². The van der Waals surface area contributed by atoms with Gasteiger partial charge in [-0.3, -0.25) is 0 Å². The highest BCUT2D eigenvalue weighted by Gasteiger charge is 2.39. The first-order chi connectivity index (χ1) is 7.39. The molecule has 1 aliphatic heterocycles. The molecule has 0 spiro atoms. The van der Waals surface area contributed by atoms with E-state index in [9.17, 15) is 15.2 Å². The first kappa shape index (κ1) is 11.3. The summed E-state index contributed by atoms with van der Waals surface area (Å²) < 4.78 is 0.680. The zero-order valence-electron chi connectivity index (χ0n) is 8.55. The second kappa shape index (κ2) is 3.67. The number of nitrogens with zero attached hydrogens (tertiary/aromatic N) is 3. The molecule has 2 heterocycles. The second-order valence-corrected chi connectivity index (χ2v) is 5.02. The average molecular weight is 288 g/mol. The molecule has 0 aromatic carbocycles. The predicted molar refractivity (Wildman–Crippen MR) is 61.4 cm³/mol. The maximum Gasteiger partial charge on any atom is 0.387 e. The number of hydrogen-bond acceptors (Lipinski definition) is 5. The molecule has 0 bridgehead atoms. The number of anilines is 1. The Bertz CT molecular complexity index is 442. The Labute approximate surface area is 100 Å². The molecule has 1 saturated heterocycles. The van der Waals surface area contributed by atoms with Gasteiger partial charge in [0.15, 0.2) is 6.20 Å². The molecule has 0 radical (unpaired) electrons. The van der Waals surface area contributed by atoms with Gasteiger partial charge in [-0.1, -0.05) is 0 Å². The number of rotatable bonds is 2. The minimum Gasteiger partial charge on any atom is -0.386 e. The summed E-state index contributed by atoms with van der Waals surface area (Å²) in [5.41, 5.74) is -0.332. The standard InChI is InChI=1S/C9H10BrN3O3/c1-9(14)4-12(5-9)7-2-6(10)3-11-8(7)13(15)16/h2-3,14H,4-5H2,1H3. The number of nitro groups is 1. The van der Waals surface area contributed by atoms with Crippen molar-refractivity contribution in [2.45, 2.75) is 12.5 Å². The number of β-amino-alcohol motifs (C(OH)–C–C–N with tert-alkyl or cyclic N) is 1. The van der Waals surface area contributed by atoms with Crippen LogP contribution in [0.4, 0.5) is 11.5 Å². The van der Waals surface area contributed by atoms with Crippen molar-refractivity contribution in [1.82, 2.24) is 4.98 Å². The Hall–Kier alpha value is -1.21. The molecule has 1 aliphatic rings. The molecular weight excluding hydrogens is 278 g/mol. The SMILES string of the molecule is CC1(O)CN(c2cc(Br)cnc2[N+](=O)[O-])C1. The molecule has 0 unspecified atom stereocenters. The van der Waals surface area contributed by atoms with Crippen LogP contribution in [0.1, 0.15) is 6.92 Å². The molecule has 0 aliphatic carbocycles. The summed E-state index contributed by atoms with van der Waals surface area (Å²) in [6.45, 7) is 2.46. The molecule has 16 heavy (non-hydrogen) atoms. The second-order valence-electron chi connectivity index (χ2n) is 4.11. The van der Waals surface area contributed by atoms with Gasteiger partial charge < -0.3 is 20.1 Å². The molecule has 1 aromatic heterocycles. The Kier molecular flexibility index (Phi) is 2.59. The summed E-state index contributed by atoms with van der Waals surface area (Å²) in [7, 11) is 0. The van der Waals surface area contributed by atoms with Gasteiger partial charge in [-0.15, -0.1) is 0 Å². The lowest BCUT2D eigenvalue weighted by Gasteiger charge is -2.45. The quantitative estimate of drug-likeness (QED) is 0.656. The van der Waals surface area contributed by atoms with E-state index in [1.54, 1.807) is 17.9 Å². The highest BCUT2D eigenvalue weighted by Crippen LogP contribution is 2.34. The van der Waals surface area contributed by atoms with Crippen molar-refractivity contribution in [3.05, 3.63) is 26.9 Å². The van der Waals surface area contributed by atoms with Crippen molar-refractivity contribution in [2.75, 3.05) is 18.0 Å². The minimum absolute atomic E-state index is 0.182. The zero-order valence-corrected chi connectivity index (χ0v) is 10.1. The smallest absolute Gasteiger partial charge is 0.386 e. The van der Waals surface area contributed by atoms with Gasteiger partial charge in [-0.25, -0.2) is 0 Å². The van der Waals surface area contributed by atoms with E-state index in [2.05, 4.69) is 20.9 Å². The Morgan fingerprint density at radius 3 is 2.81 bits per heavy atom. The highest BCUT2D eigenvalue weighted by atomic mass is 79.9. The Balaban J connectivity index is 2.33. The van der Waals surface area contributed by atoms with Crippen LogP contribution in [-0.2, 0) is 0 Å². The summed E-state index contributed by atoms with van der Waals surface area (Å²) in [5.74, 6) is -0.182. The number of aromatic nitrogens is 1. The number of hydrogen-bond donors (Lipinski definition) is 1. The van der Waals surface area contributed by atoms with Gasteiger partial charge in [-0.05, 0) is 38.8 Å². The van der Waals surface area contributed by atoms with E-state index >= 15 is 0 Å². The van der Waals surface area contributed by atoms with Crippen LogP contribution in [0.3, 0.4) is 0 Å². The zero-order chi connectivity index (χ0) is 11.9. The molecule has 2 rings (SSSR count). The van der Waals surface area contributed by atoms with Crippen molar-refractivity contribution in [3.63, 3.8) is 0 Å². The first-order valence-electron chi connectivity index (χ1n) is 4.66. The summed E-state index contributed by atoms with van der Waals surface area (Å²) in [4.78, 5) is 15.7. The Morgan fingerprint density at radius 2 is 2.31 bits per heavy atom. The van der Waals surface area contributed by atoms with Crippen molar-refractivity contribution in [3.8, 4) is 0 Å². The third-order valence-electron chi connectivity index (χ3n) is 2.39. The maximum absolute atomic E-state index is 10.8. The monoisotopic (exact) mass is 287 g/mol. The van der Waals surface area contributed by atoms with Crippen LogP contribution in [0, 0.1) is 10.1 Å². The van der Waals surface area contributed by atoms with Crippen molar-refractivity contribution in [1.29, 1.82) is 0 Å². The van der Waals surface area contributed by atoms with Gasteiger partial charge in [0.1, 0.15) is 5.69 Å². The van der Waals surface area contributed by atoms with Gasteiger partial charge in [0, 0.05) is 13.1 Å². The summed E-state index contributed by atoms with van der Waals surface area (Å²) in [5, 5.41) is 20.4. The summed E-state index contributed by atoms with van der Waals surface area (Å²) >= 11 is 3.22. The normalized spacial score (nSPS) is 18.1. The first-order valence-corrected chi connectivity index (χ1v) is 5.46. The van der Waals surface area contributed by atoms with Crippen molar-refractivity contribution in [2.24, 2.45) is 0 Å². The summed E-state index contributed by atoms with van der Waals surface area (Å²) in [6.07, 6.45) is 1.39. The van der Waals surface area contributed by atoms with Crippen molar-refractivity contribution >= 4 is 27.4 Å². The van der Waals surface area contributed by atoms with E-state index in [-0.39, 0.29) is 5.82 Å². The fraction of sp³-hybridized carbons (Fsp3) is 0.444. The van der Waals surface area contributed by atoms with E-state index in [4.69, 9.17) is 0 Å². The molecule has 0 saturated carbocycles. The predicted octanol–water partition coefficient (Wildman–Crippen LogP) is 1.32. The van der Waals surface area contributed by atoms with E-state index in [0.29, 0.717) is 23.2 Å². The van der Waals surface area contributed by atoms with Crippen LogP contribution in [0.5, 0.6) is 0 Å². The molecule has 7 heteroatoms. The van der Waals surface area contributed by atoms with Gasteiger partial charge in [0.25, 0.3) is 0 Å². The van der Waals surface area contributed by atoms with Crippen LogP contribution in [0.2, 0.25) is 0 Å². The lowest BCUT2D eigenvalue weighted by molar-refractivity contribution is -0.388. The Morgan fingerprint density at radius 1 is 1.69 bits per heavy atom. The lowest BCUT2D eigenvalue weighted by Crippen LogP contribution is -2.60. The fourth-order valence-electron chi connectivity index (χ4n) is 1.74. The van der Waals surface area contributed by atoms with Gasteiger partial charge in [0.2, 0.25) is 0 Å². The molecule has 1 N–H and O–H groups in total. The van der Waals surface area contributed by atoms with Gasteiger partial charge in [0.05, 0.1) is 10.1 Å². The van der Waals surface area contributed by atoms with Gasteiger partial charge >= 0.3 is 5.82 Å². The molecular formula is C9H10BrN3O3. The summed E-state index contributed by atoms with van der Waals surface area (Å²) in [6, 6.07) is 1.64. The molecule has 86 valence electrons. The fourth-order valence-corrected chi connectivity index (χ4v) is 2.06. The minimum atomic E-state index is -0.768. The number of aliphatic hydroxyl groups is 1. The van der Waals surface area contributed by atoms with Gasteiger partial charge in [-0.2, -0.15) is 0 Å². The van der Waals surface area contributed by atoms with Crippen LogP contribution < -0.4 is 4.90 Å².